The van der Waals surface area contributed by atoms with E-state index < -0.39 is 0 Å². The first kappa shape index (κ1) is 14.7. The molecule has 2 aromatic carbocycles. The number of carbonyl (C=O) groups excluding carboxylic acids is 1. The Kier molecular flexibility index (Phi) is 3.05. The van der Waals surface area contributed by atoms with Gasteiger partial charge in [0, 0.05) is 11.6 Å². The number of carbonyl (C=O) groups is 1. The van der Waals surface area contributed by atoms with Crippen LogP contribution in [-0.2, 0) is 16.1 Å². The molecule has 0 unspecified atom stereocenters. The molecule has 0 bridgehead atoms. The van der Waals surface area contributed by atoms with Gasteiger partial charge in [0.1, 0.15) is 11.6 Å². The van der Waals surface area contributed by atoms with Crippen LogP contribution in [0.3, 0.4) is 0 Å². The van der Waals surface area contributed by atoms with E-state index in [-0.39, 0.29) is 30.0 Å². The van der Waals surface area contributed by atoms with Gasteiger partial charge >= 0.3 is 0 Å². The molecule has 1 amide bonds. The number of hydrogen-bond donors (Lipinski definition) is 0. The normalized spacial score (nSPS) is 29.6. The molecule has 0 saturated carbocycles. The lowest BCUT2D eigenvalue weighted by Crippen LogP contribution is -2.43. The van der Waals surface area contributed by atoms with Crippen LogP contribution in [-0.4, -0.2) is 28.7 Å². The first-order valence-corrected chi connectivity index (χ1v) is 8.86. The largest absolute Gasteiger partial charge is 0.388 e. The molecule has 4 atom stereocenters. The maximum Gasteiger partial charge on any atom is 0.236 e. The van der Waals surface area contributed by atoms with Crippen LogP contribution >= 0.6 is 0 Å². The fraction of sp³-hybridized carbons (Fsp3) is 0.333. The summed E-state index contributed by atoms with van der Waals surface area (Å²) in [6, 6.07) is 16.7. The van der Waals surface area contributed by atoms with Crippen molar-refractivity contribution in [1.29, 1.82) is 0 Å². The van der Waals surface area contributed by atoms with Gasteiger partial charge in [-0.05, 0) is 31.4 Å². The number of amides is 1. The third-order valence-corrected chi connectivity index (χ3v) is 5.74. The molecule has 3 heterocycles. The number of rotatable bonds is 1. The number of hydrogen-bond acceptors (Lipinski definition) is 3. The predicted molar refractivity (Wildman–Crippen MR) is 95.3 cm³/mol. The molecule has 0 radical (unpaired) electrons. The zero-order chi connectivity index (χ0) is 17.1. The van der Waals surface area contributed by atoms with Gasteiger partial charge in [-0.15, -0.1) is 0 Å². The summed E-state index contributed by atoms with van der Waals surface area (Å²) in [5.41, 5.74) is 5.47. The molecule has 0 spiro atoms. The average molecular weight is 332 g/mol. The van der Waals surface area contributed by atoms with Gasteiger partial charge in [-0.3, -0.25) is 4.79 Å². The summed E-state index contributed by atoms with van der Waals surface area (Å²) in [7, 11) is 0. The van der Waals surface area contributed by atoms with E-state index in [2.05, 4.69) is 49.3 Å². The lowest BCUT2D eigenvalue weighted by molar-refractivity contribution is -0.132. The Hall–Kier alpha value is -2.62. The van der Waals surface area contributed by atoms with Gasteiger partial charge in [-0.1, -0.05) is 59.3 Å². The Morgan fingerprint density at radius 3 is 2.68 bits per heavy atom. The molecule has 1 fully saturated rings. The number of aryl methyl sites for hydroxylation is 1. The summed E-state index contributed by atoms with van der Waals surface area (Å²) in [4.78, 5) is 21.1. The van der Waals surface area contributed by atoms with E-state index in [1.54, 1.807) is 0 Å². The minimum absolute atomic E-state index is 0.0378. The van der Waals surface area contributed by atoms with Gasteiger partial charge in [-0.25, -0.2) is 0 Å². The first-order valence-electron chi connectivity index (χ1n) is 8.86. The molecular weight excluding hydrogens is 312 g/mol. The highest BCUT2D eigenvalue weighted by molar-refractivity contribution is 6.15. The highest BCUT2D eigenvalue weighted by Crippen LogP contribution is 2.48. The van der Waals surface area contributed by atoms with Crippen LogP contribution in [0.4, 0.5) is 0 Å². The molecule has 25 heavy (non-hydrogen) atoms. The lowest BCUT2D eigenvalue weighted by atomic mass is 9.86. The van der Waals surface area contributed by atoms with E-state index >= 15 is 0 Å². The molecule has 0 N–H and O–H groups in total. The van der Waals surface area contributed by atoms with E-state index in [9.17, 15) is 4.79 Å². The van der Waals surface area contributed by atoms with Crippen LogP contribution in [0.2, 0.25) is 0 Å². The van der Waals surface area contributed by atoms with Crippen LogP contribution in [0.5, 0.6) is 0 Å². The van der Waals surface area contributed by atoms with Gasteiger partial charge < -0.3 is 9.74 Å². The number of oxime groups is 1. The Morgan fingerprint density at radius 1 is 1.12 bits per heavy atom. The zero-order valence-corrected chi connectivity index (χ0v) is 14.3. The van der Waals surface area contributed by atoms with Gasteiger partial charge in [-0.2, -0.15) is 0 Å². The van der Waals surface area contributed by atoms with Crippen LogP contribution < -0.4 is 0 Å². The Balaban J connectivity index is 1.58. The third kappa shape index (κ3) is 2.00. The molecule has 126 valence electrons. The summed E-state index contributed by atoms with van der Waals surface area (Å²) in [5.74, 6) is -0.157. The van der Waals surface area contributed by atoms with E-state index in [1.165, 1.54) is 16.7 Å². The van der Waals surface area contributed by atoms with Crippen molar-refractivity contribution in [2.75, 3.05) is 0 Å². The first-order chi connectivity index (χ1) is 12.1. The average Bonchev–Trinajstić information content (AvgIpc) is 3.16. The third-order valence-electron chi connectivity index (χ3n) is 5.74. The molecular formula is C21H20N2O2. The SMILES string of the molecule is Cc1ccc(C2=NO[C@@H]3[C@H]2C(=O)N2[C@H](C)Cc4ccccc4[C@@H]32)cc1. The van der Waals surface area contributed by atoms with Gasteiger partial charge in [0.15, 0.2) is 6.10 Å². The van der Waals surface area contributed by atoms with Crippen molar-refractivity contribution in [3.8, 4) is 0 Å². The molecule has 3 aliphatic rings. The van der Waals surface area contributed by atoms with Crippen molar-refractivity contribution in [3.63, 3.8) is 0 Å². The molecule has 0 aromatic heterocycles. The minimum atomic E-state index is -0.304. The maximum atomic E-state index is 13.3. The van der Waals surface area contributed by atoms with Crippen LogP contribution in [0.15, 0.2) is 53.7 Å². The van der Waals surface area contributed by atoms with E-state index in [0.717, 1.165) is 17.7 Å². The van der Waals surface area contributed by atoms with Crippen LogP contribution in [0.25, 0.3) is 0 Å². The van der Waals surface area contributed by atoms with Crippen LogP contribution in [0, 0.1) is 12.8 Å². The second-order valence-corrected chi connectivity index (χ2v) is 7.33. The van der Waals surface area contributed by atoms with Crippen LogP contribution in [0.1, 0.15) is 35.2 Å². The Bertz CT molecular complexity index is 887. The molecule has 5 rings (SSSR count). The highest BCUT2D eigenvalue weighted by Gasteiger charge is 2.58. The molecule has 4 nitrogen and oxygen atoms in total. The molecule has 1 saturated heterocycles. The fourth-order valence-corrected chi connectivity index (χ4v) is 4.54. The maximum absolute atomic E-state index is 13.3. The Morgan fingerprint density at radius 2 is 1.88 bits per heavy atom. The zero-order valence-electron chi connectivity index (χ0n) is 14.3. The molecule has 4 heteroatoms. The van der Waals surface area contributed by atoms with E-state index in [0.29, 0.717) is 0 Å². The summed E-state index contributed by atoms with van der Waals surface area (Å²) in [5, 5.41) is 4.33. The van der Waals surface area contributed by atoms with Crippen molar-refractivity contribution in [2.45, 2.75) is 38.5 Å². The van der Waals surface area contributed by atoms with Gasteiger partial charge in [0.25, 0.3) is 0 Å². The second-order valence-electron chi connectivity index (χ2n) is 7.33. The van der Waals surface area contributed by atoms with Crippen molar-refractivity contribution in [1.82, 2.24) is 4.90 Å². The summed E-state index contributed by atoms with van der Waals surface area (Å²) >= 11 is 0. The number of benzene rings is 2. The number of nitrogens with zero attached hydrogens (tertiary/aromatic N) is 2. The van der Waals surface area contributed by atoms with Crippen molar-refractivity contribution < 1.29 is 9.63 Å². The van der Waals surface area contributed by atoms with Crippen molar-refractivity contribution >= 4 is 11.6 Å². The molecule has 3 aliphatic heterocycles. The van der Waals surface area contributed by atoms with E-state index in [1.807, 2.05) is 23.1 Å². The molecule has 2 aromatic rings. The second kappa shape index (κ2) is 5.19. The standard InChI is InChI=1S/C21H20N2O2/c1-12-7-9-14(10-8-12)18-17-20(25-22-18)19-16-6-4-3-5-15(16)11-13(2)23(19)21(17)24/h3-10,13,17,19-20H,11H2,1-2H3/t13-,17+,19+,20-/m1/s1. The quantitative estimate of drug-likeness (QED) is 0.804. The summed E-state index contributed by atoms with van der Waals surface area (Å²) in [6.07, 6.45) is 0.669. The van der Waals surface area contributed by atoms with Crippen molar-refractivity contribution in [3.05, 3.63) is 70.8 Å². The summed E-state index contributed by atoms with van der Waals surface area (Å²) in [6.45, 7) is 4.18. The monoisotopic (exact) mass is 332 g/mol. The predicted octanol–water partition coefficient (Wildman–Crippen LogP) is 3.24. The van der Waals surface area contributed by atoms with Gasteiger partial charge in [0.2, 0.25) is 5.91 Å². The lowest BCUT2D eigenvalue weighted by Gasteiger charge is -2.38. The summed E-state index contributed by atoms with van der Waals surface area (Å²) < 4.78 is 0. The fourth-order valence-electron chi connectivity index (χ4n) is 4.54. The van der Waals surface area contributed by atoms with E-state index in [4.69, 9.17) is 4.84 Å². The molecule has 0 aliphatic carbocycles. The van der Waals surface area contributed by atoms with Crippen molar-refractivity contribution in [2.24, 2.45) is 11.1 Å². The van der Waals surface area contributed by atoms with Gasteiger partial charge in [0.05, 0.1) is 6.04 Å². The minimum Gasteiger partial charge on any atom is -0.388 e. The highest BCUT2D eigenvalue weighted by atomic mass is 16.6. The smallest absolute Gasteiger partial charge is 0.236 e. The Labute approximate surface area is 147 Å². The number of fused-ring (bicyclic) bond motifs is 5. The topological polar surface area (TPSA) is 41.9 Å².